The number of nitrogens with one attached hydrogen (secondary N) is 2. The van der Waals surface area contributed by atoms with Crippen LogP contribution in [0.1, 0.15) is 17.7 Å². The number of thioether (sulfide) groups is 1. The first-order chi connectivity index (χ1) is 16.1. The standard InChI is InChI=1S/C23H25ClN6O2S/c1-32-21-5-3-18-22(29-21)16(17(24)11-26-18)7-9-30-8-6-15(12-30)25-10-14-2-4-19-23(27-14)28-20(31)13-33-19/h2-5,11,15,25H,6-10,12-13H2,1H3,(H,27,28,31). The Kier molecular flexibility index (Phi) is 6.64. The fourth-order valence-corrected chi connectivity index (χ4v) is 5.24. The van der Waals surface area contributed by atoms with Crippen LogP contribution < -0.4 is 15.4 Å². The van der Waals surface area contributed by atoms with Crippen LogP contribution in [0.4, 0.5) is 5.82 Å². The molecule has 1 atom stereocenters. The van der Waals surface area contributed by atoms with Crippen molar-refractivity contribution in [2.45, 2.75) is 30.3 Å². The Balaban J connectivity index is 1.17. The fourth-order valence-electron chi connectivity index (χ4n) is 4.25. The number of amides is 1. The Morgan fingerprint density at radius 3 is 3.09 bits per heavy atom. The molecule has 1 unspecified atom stereocenters. The highest BCUT2D eigenvalue weighted by atomic mass is 35.5. The first kappa shape index (κ1) is 22.3. The molecule has 172 valence electrons. The van der Waals surface area contributed by atoms with Crippen LogP contribution in [0.15, 0.2) is 35.4 Å². The minimum absolute atomic E-state index is 0.00673. The van der Waals surface area contributed by atoms with E-state index in [4.69, 9.17) is 16.3 Å². The van der Waals surface area contributed by atoms with E-state index in [9.17, 15) is 4.79 Å². The molecule has 0 saturated carbocycles. The highest BCUT2D eigenvalue weighted by molar-refractivity contribution is 8.00. The Morgan fingerprint density at radius 2 is 2.21 bits per heavy atom. The van der Waals surface area contributed by atoms with Crippen molar-refractivity contribution in [1.29, 1.82) is 0 Å². The maximum Gasteiger partial charge on any atom is 0.235 e. The molecular formula is C23H25ClN6O2S. The Hall–Kier alpha value is -2.46. The Morgan fingerprint density at radius 1 is 1.30 bits per heavy atom. The molecule has 33 heavy (non-hydrogen) atoms. The van der Waals surface area contributed by atoms with Gasteiger partial charge in [0.1, 0.15) is 5.82 Å². The normalized spacial score (nSPS) is 18.4. The first-order valence-corrected chi connectivity index (χ1v) is 12.3. The fraction of sp³-hybridized carbons (Fsp3) is 0.391. The van der Waals surface area contributed by atoms with Crippen LogP contribution in [-0.4, -0.2) is 64.3 Å². The van der Waals surface area contributed by atoms with Gasteiger partial charge in [-0.3, -0.25) is 9.78 Å². The summed E-state index contributed by atoms with van der Waals surface area (Å²) in [7, 11) is 1.61. The third-order valence-electron chi connectivity index (χ3n) is 6.00. The number of carbonyl (C=O) groups excluding carboxylic acids is 1. The van der Waals surface area contributed by atoms with Crippen molar-refractivity contribution in [2.24, 2.45) is 0 Å². The number of anilines is 1. The van der Waals surface area contributed by atoms with Gasteiger partial charge in [0.2, 0.25) is 11.8 Å². The van der Waals surface area contributed by atoms with E-state index in [1.165, 1.54) is 11.8 Å². The van der Waals surface area contributed by atoms with Crippen LogP contribution in [0.25, 0.3) is 11.0 Å². The van der Waals surface area contributed by atoms with Crippen molar-refractivity contribution >= 4 is 46.1 Å². The highest BCUT2D eigenvalue weighted by Crippen LogP contribution is 2.30. The summed E-state index contributed by atoms with van der Waals surface area (Å²) >= 11 is 8.01. The van der Waals surface area contributed by atoms with Gasteiger partial charge in [-0.25, -0.2) is 9.97 Å². The maximum absolute atomic E-state index is 11.6. The molecular weight excluding hydrogens is 460 g/mol. The molecule has 5 rings (SSSR count). The molecule has 8 nitrogen and oxygen atoms in total. The molecule has 0 spiro atoms. The van der Waals surface area contributed by atoms with Crippen LogP contribution in [0.2, 0.25) is 5.02 Å². The molecule has 1 fully saturated rings. The Labute approximate surface area is 201 Å². The number of pyridine rings is 3. The van der Waals surface area contributed by atoms with Crippen molar-refractivity contribution in [3.05, 3.63) is 46.7 Å². The minimum atomic E-state index is 0.00673. The van der Waals surface area contributed by atoms with Gasteiger partial charge >= 0.3 is 0 Å². The maximum atomic E-state index is 11.6. The van der Waals surface area contributed by atoms with E-state index in [2.05, 4.69) is 30.5 Å². The van der Waals surface area contributed by atoms with Gasteiger partial charge in [-0.2, -0.15) is 0 Å². The predicted octanol–water partition coefficient (Wildman–Crippen LogP) is 3.14. The molecule has 0 radical (unpaired) electrons. The summed E-state index contributed by atoms with van der Waals surface area (Å²) in [5.41, 5.74) is 3.57. The average Bonchev–Trinajstić information content (AvgIpc) is 3.29. The number of carbonyl (C=O) groups is 1. The molecule has 0 aromatic carbocycles. The van der Waals surface area contributed by atoms with Gasteiger partial charge in [0, 0.05) is 43.5 Å². The number of aromatic nitrogens is 3. The predicted molar refractivity (Wildman–Crippen MR) is 130 cm³/mol. The van der Waals surface area contributed by atoms with E-state index in [1.807, 2.05) is 24.3 Å². The van der Waals surface area contributed by atoms with Crippen molar-refractivity contribution in [1.82, 2.24) is 25.2 Å². The van der Waals surface area contributed by atoms with Gasteiger partial charge in [0.05, 0.1) is 39.5 Å². The second-order valence-electron chi connectivity index (χ2n) is 8.21. The number of nitrogens with zero attached hydrogens (tertiary/aromatic N) is 4. The van der Waals surface area contributed by atoms with E-state index in [0.29, 0.717) is 35.1 Å². The number of hydrogen-bond acceptors (Lipinski definition) is 8. The molecule has 3 aromatic rings. The smallest absolute Gasteiger partial charge is 0.235 e. The van der Waals surface area contributed by atoms with Gasteiger partial charge in [-0.05, 0) is 37.6 Å². The van der Waals surface area contributed by atoms with E-state index in [0.717, 1.165) is 59.7 Å². The quantitative estimate of drug-likeness (QED) is 0.528. The van der Waals surface area contributed by atoms with Gasteiger partial charge in [-0.1, -0.05) is 11.6 Å². The monoisotopic (exact) mass is 484 g/mol. The minimum Gasteiger partial charge on any atom is -0.481 e. The van der Waals surface area contributed by atoms with Crippen LogP contribution >= 0.6 is 23.4 Å². The van der Waals surface area contributed by atoms with Crippen molar-refractivity contribution in [2.75, 3.05) is 37.8 Å². The third kappa shape index (κ3) is 5.06. The number of hydrogen-bond donors (Lipinski definition) is 2. The summed E-state index contributed by atoms with van der Waals surface area (Å²) < 4.78 is 5.28. The lowest BCUT2D eigenvalue weighted by Gasteiger charge is -2.18. The number of rotatable bonds is 7. The zero-order valence-corrected chi connectivity index (χ0v) is 19.9. The van der Waals surface area contributed by atoms with Gasteiger partial charge in [-0.15, -0.1) is 11.8 Å². The third-order valence-corrected chi connectivity index (χ3v) is 7.38. The molecule has 1 saturated heterocycles. The number of fused-ring (bicyclic) bond motifs is 2. The molecule has 0 aliphatic carbocycles. The molecule has 2 aliphatic rings. The lowest BCUT2D eigenvalue weighted by atomic mass is 10.1. The van der Waals surface area contributed by atoms with Crippen LogP contribution in [-0.2, 0) is 17.8 Å². The summed E-state index contributed by atoms with van der Waals surface area (Å²) in [6.45, 7) is 3.57. The summed E-state index contributed by atoms with van der Waals surface area (Å²) in [6.07, 6.45) is 3.58. The summed E-state index contributed by atoms with van der Waals surface area (Å²) in [5, 5.41) is 7.11. The average molecular weight is 485 g/mol. The second-order valence-corrected chi connectivity index (χ2v) is 9.63. The lowest BCUT2D eigenvalue weighted by Crippen LogP contribution is -2.33. The SMILES string of the molecule is COc1ccc2ncc(Cl)c(CCN3CCC(NCc4ccc5c(n4)NC(=O)CS5)C3)c2n1. The Bertz CT molecular complexity index is 1190. The zero-order valence-electron chi connectivity index (χ0n) is 18.3. The highest BCUT2D eigenvalue weighted by Gasteiger charge is 2.23. The molecule has 1 amide bonds. The molecule has 2 aliphatic heterocycles. The number of likely N-dealkylation sites (tertiary alicyclic amines) is 1. The van der Waals surface area contributed by atoms with Crippen molar-refractivity contribution in [3.63, 3.8) is 0 Å². The molecule has 3 aromatic heterocycles. The topological polar surface area (TPSA) is 92.3 Å². The van der Waals surface area contributed by atoms with E-state index < -0.39 is 0 Å². The number of halogens is 1. The van der Waals surface area contributed by atoms with Crippen molar-refractivity contribution < 1.29 is 9.53 Å². The molecule has 0 bridgehead atoms. The largest absolute Gasteiger partial charge is 0.481 e. The number of ether oxygens (including phenoxy) is 1. The second kappa shape index (κ2) is 9.80. The van der Waals surface area contributed by atoms with Crippen LogP contribution in [0.5, 0.6) is 5.88 Å². The summed E-state index contributed by atoms with van der Waals surface area (Å²) in [6, 6.07) is 8.19. The summed E-state index contributed by atoms with van der Waals surface area (Å²) in [4.78, 5) is 28.7. The van der Waals surface area contributed by atoms with Crippen LogP contribution in [0, 0.1) is 0 Å². The lowest BCUT2D eigenvalue weighted by molar-refractivity contribution is -0.113. The first-order valence-electron chi connectivity index (χ1n) is 11.0. The zero-order chi connectivity index (χ0) is 22.8. The van der Waals surface area contributed by atoms with Gasteiger partial charge < -0.3 is 20.3 Å². The van der Waals surface area contributed by atoms with E-state index >= 15 is 0 Å². The molecule has 10 heteroatoms. The van der Waals surface area contributed by atoms with Gasteiger partial charge in [0.15, 0.2) is 0 Å². The van der Waals surface area contributed by atoms with Crippen molar-refractivity contribution in [3.8, 4) is 5.88 Å². The van der Waals surface area contributed by atoms with E-state index in [-0.39, 0.29) is 5.91 Å². The van der Waals surface area contributed by atoms with Crippen LogP contribution in [0.3, 0.4) is 0 Å². The molecule has 2 N–H and O–H groups in total. The molecule has 5 heterocycles. The number of methoxy groups -OCH3 is 1. The van der Waals surface area contributed by atoms with E-state index in [1.54, 1.807) is 13.3 Å². The summed E-state index contributed by atoms with van der Waals surface area (Å²) in [5.74, 6) is 1.70. The van der Waals surface area contributed by atoms with Gasteiger partial charge in [0.25, 0.3) is 0 Å².